The molecule has 0 aromatic carbocycles. The molecule has 2 aliphatic heterocycles. The smallest absolute Gasteiger partial charge is 0.254 e. The summed E-state index contributed by atoms with van der Waals surface area (Å²) in [7, 11) is 1.62. The van der Waals surface area contributed by atoms with E-state index >= 15 is 0 Å². The van der Waals surface area contributed by atoms with E-state index in [0.717, 1.165) is 0 Å². The van der Waals surface area contributed by atoms with Crippen LogP contribution in [0.25, 0.3) is 0 Å². The van der Waals surface area contributed by atoms with E-state index in [1.54, 1.807) is 7.11 Å². The SMILES string of the molecule is COCCN=C1NC(=O)C2(CCOC2)N1. The standard InChI is InChI=1S/C9H15N3O3/c1-14-5-3-10-8-11-7(13)9(12-8)2-4-15-6-9/h2-6H2,1H3,(H2,10,11,12,13). The Balaban J connectivity index is 1.97. The van der Waals surface area contributed by atoms with Gasteiger partial charge < -0.3 is 14.8 Å². The van der Waals surface area contributed by atoms with Gasteiger partial charge in [-0.3, -0.25) is 15.1 Å². The van der Waals surface area contributed by atoms with E-state index in [2.05, 4.69) is 15.6 Å². The van der Waals surface area contributed by atoms with Crippen molar-refractivity contribution >= 4 is 11.9 Å². The minimum absolute atomic E-state index is 0.0452. The summed E-state index contributed by atoms with van der Waals surface area (Å²) in [5.41, 5.74) is -0.577. The second-order valence-corrected chi connectivity index (χ2v) is 3.69. The average Bonchev–Trinajstić information content (AvgIpc) is 2.78. The van der Waals surface area contributed by atoms with Crippen LogP contribution in [-0.2, 0) is 14.3 Å². The van der Waals surface area contributed by atoms with Crippen molar-refractivity contribution in [3.63, 3.8) is 0 Å². The summed E-state index contributed by atoms with van der Waals surface area (Å²) in [6.07, 6.45) is 0.697. The molecule has 1 atom stereocenters. The van der Waals surface area contributed by atoms with Gasteiger partial charge in [0.2, 0.25) is 0 Å². The Morgan fingerprint density at radius 2 is 2.53 bits per heavy atom. The highest BCUT2D eigenvalue weighted by atomic mass is 16.5. The normalized spacial score (nSPS) is 32.3. The van der Waals surface area contributed by atoms with Crippen molar-refractivity contribution in [2.24, 2.45) is 4.99 Å². The van der Waals surface area contributed by atoms with Crippen LogP contribution in [0.5, 0.6) is 0 Å². The third-order valence-electron chi connectivity index (χ3n) is 2.61. The van der Waals surface area contributed by atoms with Gasteiger partial charge in [0, 0.05) is 20.1 Å². The predicted molar refractivity (Wildman–Crippen MR) is 53.6 cm³/mol. The number of hydrogen-bond donors (Lipinski definition) is 2. The molecule has 2 rings (SSSR count). The molecule has 84 valence electrons. The molecule has 0 aromatic rings. The number of rotatable bonds is 3. The highest BCUT2D eigenvalue weighted by Gasteiger charge is 2.47. The lowest BCUT2D eigenvalue weighted by Crippen LogP contribution is -2.47. The Kier molecular flexibility index (Phi) is 2.88. The first-order chi connectivity index (χ1) is 7.27. The number of aliphatic imine (C=N–C) groups is 1. The fourth-order valence-corrected chi connectivity index (χ4v) is 1.71. The van der Waals surface area contributed by atoms with E-state index in [-0.39, 0.29) is 5.91 Å². The van der Waals surface area contributed by atoms with Gasteiger partial charge in [0.15, 0.2) is 5.96 Å². The van der Waals surface area contributed by atoms with Crippen LogP contribution in [0, 0.1) is 0 Å². The number of ether oxygens (including phenoxy) is 2. The lowest BCUT2D eigenvalue weighted by Gasteiger charge is -2.16. The number of nitrogens with one attached hydrogen (secondary N) is 2. The first-order valence-corrected chi connectivity index (χ1v) is 4.98. The first-order valence-electron chi connectivity index (χ1n) is 4.98. The minimum Gasteiger partial charge on any atom is -0.383 e. The predicted octanol–water partition coefficient (Wildman–Crippen LogP) is -1.13. The van der Waals surface area contributed by atoms with Crippen LogP contribution in [0.1, 0.15) is 6.42 Å². The van der Waals surface area contributed by atoms with Crippen molar-refractivity contribution in [3.05, 3.63) is 0 Å². The molecule has 2 fully saturated rings. The number of hydrogen-bond acceptors (Lipinski definition) is 4. The van der Waals surface area contributed by atoms with Crippen molar-refractivity contribution in [2.45, 2.75) is 12.0 Å². The summed E-state index contributed by atoms with van der Waals surface area (Å²) in [4.78, 5) is 15.9. The van der Waals surface area contributed by atoms with Crippen molar-refractivity contribution in [2.75, 3.05) is 33.5 Å². The molecule has 0 bridgehead atoms. The van der Waals surface area contributed by atoms with Gasteiger partial charge in [-0.1, -0.05) is 0 Å². The second kappa shape index (κ2) is 4.16. The number of carbonyl (C=O) groups excluding carboxylic acids is 1. The summed E-state index contributed by atoms with van der Waals surface area (Å²) in [5.74, 6) is 0.485. The quantitative estimate of drug-likeness (QED) is 0.582. The highest BCUT2D eigenvalue weighted by molar-refractivity contribution is 6.09. The van der Waals surface area contributed by atoms with Crippen molar-refractivity contribution in [3.8, 4) is 0 Å². The van der Waals surface area contributed by atoms with Gasteiger partial charge in [0.05, 0.1) is 19.8 Å². The van der Waals surface area contributed by atoms with Gasteiger partial charge in [0.1, 0.15) is 5.54 Å². The molecule has 0 saturated carbocycles. The molecule has 0 aliphatic carbocycles. The summed E-state index contributed by atoms with van der Waals surface area (Å²) in [5, 5.41) is 5.79. The third-order valence-corrected chi connectivity index (χ3v) is 2.61. The third kappa shape index (κ3) is 1.95. The van der Waals surface area contributed by atoms with Gasteiger partial charge in [-0.05, 0) is 0 Å². The zero-order chi connectivity index (χ0) is 10.7. The van der Waals surface area contributed by atoms with Gasteiger partial charge >= 0.3 is 0 Å². The minimum atomic E-state index is -0.577. The molecule has 2 N–H and O–H groups in total. The molecule has 6 nitrogen and oxygen atoms in total. The average molecular weight is 213 g/mol. The van der Waals surface area contributed by atoms with Gasteiger partial charge in [0.25, 0.3) is 5.91 Å². The molecule has 2 heterocycles. The van der Waals surface area contributed by atoms with Crippen molar-refractivity contribution in [1.29, 1.82) is 0 Å². The fraction of sp³-hybridized carbons (Fsp3) is 0.778. The van der Waals surface area contributed by atoms with E-state index in [1.807, 2.05) is 0 Å². The molecular weight excluding hydrogens is 198 g/mol. The first kappa shape index (κ1) is 10.4. The zero-order valence-electron chi connectivity index (χ0n) is 8.71. The fourth-order valence-electron chi connectivity index (χ4n) is 1.71. The summed E-state index contributed by atoms with van der Waals surface area (Å²) in [6.45, 7) is 2.12. The van der Waals surface area contributed by atoms with E-state index in [0.29, 0.717) is 38.7 Å². The van der Waals surface area contributed by atoms with Crippen molar-refractivity contribution in [1.82, 2.24) is 10.6 Å². The monoisotopic (exact) mass is 213 g/mol. The van der Waals surface area contributed by atoms with Crippen LogP contribution >= 0.6 is 0 Å². The molecule has 2 saturated heterocycles. The van der Waals surface area contributed by atoms with E-state index in [1.165, 1.54) is 0 Å². The lowest BCUT2D eigenvalue weighted by molar-refractivity contribution is -0.123. The number of amides is 1. The number of methoxy groups -OCH3 is 1. The van der Waals surface area contributed by atoms with Crippen molar-refractivity contribution < 1.29 is 14.3 Å². The van der Waals surface area contributed by atoms with Crippen LogP contribution < -0.4 is 10.6 Å². The van der Waals surface area contributed by atoms with E-state index < -0.39 is 5.54 Å². The molecular formula is C9H15N3O3. The molecule has 1 amide bonds. The Labute approximate surface area is 88.0 Å². The van der Waals surface area contributed by atoms with Crippen LogP contribution in [0.15, 0.2) is 4.99 Å². The summed E-state index contributed by atoms with van der Waals surface area (Å²) < 4.78 is 10.1. The lowest BCUT2D eigenvalue weighted by atomic mass is 10.00. The van der Waals surface area contributed by atoms with Crippen LogP contribution in [0.2, 0.25) is 0 Å². The van der Waals surface area contributed by atoms with E-state index in [9.17, 15) is 4.79 Å². The number of nitrogens with zero attached hydrogens (tertiary/aromatic N) is 1. The molecule has 0 radical (unpaired) electrons. The maximum Gasteiger partial charge on any atom is 0.254 e. The molecule has 1 unspecified atom stereocenters. The number of guanidine groups is 1. The Morgan fingerprint density at radius 1 is 1.67 bits per heavy atom. The van der Waals surface area contributed by atoms with Crippen LogP contribution in [-0.4, -0.2) is 50.9 Å². The Bertz CT molecular complexity index is 284. The maximum atomic E-state index is 11.7. The highest BCUT2D eigenvalue weighted by Crippen LogP contribution is 2.21. The molecule has 1 spiro atoms. The topological polar surface area (TPSA) is 72.0 Å². The molecule has 6 heteroatoms. The zero-order valence-corrected chi connectivity index (χ0v) is 8.71. The van der Waals surface area contributed by atoms with Gasteiger partial charge in [-0.25, -0.2) is 0 Å². The van der Waals surface area contributed by atoms with Crippen LogP contribution in [0.3, 0.4) is 0 Å². The summed E-state index contributed by atoms with van der Waals surface area (Å²) >= 11 is 0. The van der Waals surface area contributed by atoms with Crippen LogP contribution in [0.4, 0.5) is 0 Å². The molecule has 0 aromatic heterocycles. The van der Waals surface area contributed by atoms with E-state index in [4.69, 9.17) is 9.47 Å². The largest absolute Gasteiger partial charge is 0.383 e. The van der Waals surface area contributed by atoms with Gasteiger partial charge in [-0.2, -0.15) is 0 Å². The Morgan fingerprint density at radius 3 is 3.20 bits per heavy atom. The molecule has 2 aliphatic rings. The number of carbonyl (C=O) groups is 1. The maximum absolute atomic E-state index is 11.7. The Hall–Kier alpha value is -1.14. The summed E-state index contributed by atoms with van der Waals surface area (Å²) in [6, 6.07) is 0. The second-order valence-electron chi connectivity index (χ2n) is 3.69. The molecule has 15 heavy (non-hydrogen) atoms. The van der Waals surface area contributed by atoms with Gasteiger partial charge in [-0.15, -0.1) is 0 Å².